The molecule has 0 spiro atoms. The van der Waals surface area contributed by atoms with Crippen LogP contribution in [0.3, 0.4) is 0 Å². The van der Waals surface area contributed by atoms with Crippen LogP contribution in [-0.2, 0) is 20.7 Å². The summed E-state index contributed by atoms with van der Waals surface area (Å²) >= 11 is 0. The predicted octanol–water partition coefficient (Wildman–Crippen LogP) is 5.85. The molecular formula is C41H73NO9. The third kappa shape index (κ3) is 19.9. The highest BCUT2D eigenvalue weighted by Gasteiger charge is 2.44. The molecular weight excluding hydrogens is 650 g/mol. The van der Waals surface area contributed by atoms with E-state index >= 15 is 0 Å². The molecule has 51 heavy (non-hydrogen) atoms. The Balaban J connectivity index is 1.72. The summed E-state index contributed by atoms with van der Waals surface area (Å²) in [4.78, 5) is 12.9. The Bertz CT molecular complexity index is 968. The molecule has 1 fully saturated rings. The van der Waals surface area contributed by atoms with Crippen molar-refractivity contribution in [2.45, 2.75) is 204 Å². The Labute approximate surface area is 308 Å². The van der Waals surface area contributed by atoms with Crippen LogP contribution < -0.4 is 5.32 Å². The first-order chi connectivity index (χ1) is 24.8. The number of benzene rings is 1. The van der Waals surface area contributed by atoms with Gasteiger partial charge in [-0.2, -0.15) is 0 Å². The Kier molecular flexibility index (Phi) is 25.7. The molecule has 1 heterocycles. The number of unbranched alkanes of at least 4 members (excludes halogenated alkanes) is 18. The summed E-state index contributed by atoms with van der Waals surface area (Å²) in [6.45, 7) is 1.33. The van der Waals surface area contributed by atoms with Gasteiger partial charge < -0.3 is 45.4 Å². The van der Waals surface area contributed by atoms with E-state index in [1.54, 1.807) is 0 Å². The molecule has 7 N–H and O–H groups in total. The van der Waals surface area contributed by atoms with Gasteiger partial charge in [0.15, 0.2) is 6.29 Å². The molecule has 1 aromatic carbocycles. The first-order valence-electron chi connectivity index (χ1n) is 20.4. The van der Waals surface area contributed by atoms with Crippen LogP contribution in [0, 0.1) is 0 Å². The van der Waals surface area contributed by atoms with Crippen LogP contribution in [0.2, 0.25) is 0 Å². The van der Waals surface area contributed by atoms with Gasteiger partial charge in [-0.1, -0.05) is 153 Å². The van der Waals surface area contributed by atoms with Crippen molar-refractivity contribution in [3.8, 4) is 0 Å². The smallest absolute Gasteiger partial charge is 0.220 e. The van der Waals surface area contributed by atoms with Gasteiger partial charge >= 0.3 is 0 Å². The minimum Gasteiger partial charge on any atom is -0.394 e. The summed E-state index contributed by atoms with van der Waals surface area (Å²) in [5.41, 5.74) is 1.39. The Hall–Kier alpha value is -1.63. The van der Waals surface area contributed by atoms with Gasteiger partial charge in [0.2, 0.25) is 5.91 Å². The molecule has 2 rings (SSSR count). The molecule has 10 heteroatoms. The first kappa shape index (κ1) is 45.5. The Morgan fingerprint density at radius 1 is 0.725 bits per heavy atom. The highest BCUT2D eigenvalue weighted by Crippen LogP contribution is 2.23. The zero-order valence-corrected chi connectivity index (χ0v) is 31.6. The second kappa shape index (κ2) is 28.8. The summed E-state index contributed by atoms with van der Waals surface area (Å²) in [7, 11) is 0. The zero-order valence-electron chi connectivity index (χ0n) is 31.6. The van der Waals surface area contributed by atoms with Crippen molar-refractivity contribution >= 4 is 5.91 Å². The summed E-state index contributed by atoms with van der Waals surface area (Å²) in [6.07, 6.45) is 15.0. The minimum atomic E-state index is -1.61. The fourth-order valence-electron chi connectivity index (χ4n) is 6.86. The van der Waals surface area contributed by atoms with Crippen LogP contribution in [0.1, 0.15) is 154 Å². The molecule has 1 aliphatic rings. The van der Waals surface area contributed by atoms with Gasteiger partial charge in [0.25, 0.3) is 0 Å². The normalized spacial score (nSPS) is 22.5. The summed E-state index contributed by atoms with van der Waals surface area (Å²) in [5, 5.41) is 64.9. The van der Waals surface area contributed by atoms with Crippen molar-refractivity contribution < 1.29 is 44.9 Å². The van der Waals surface area contributed by atoms with E-state index in [1.165, 1.54) is 82.6 Å². The second-order valence-electron chi connectivity index (χ2n) is 14.8. The number of carbonyl (C=O) groups is 1. The molecule has 1 aliphatic heterocycles. The lowest BCUT2D eigenvalue weighted by atomic mass is 9.98. The van der Waals surface area contributed by atoms with Crippen LogP contribution >= 0.6 is 0 Å². The third-order valence-corrected chi connectivity index (χ3v) is 10.3. The average molecular weight is 724 g/mol. The van der Waals surface area contributed by atoms with Gasteiger partial charge in [-0.15, -0.1) is 0 Å². The number of hydrogen-bond acceptors (Lipinski definition) is 9. The fourth-order valence-corrected chi connectivity index (χ4v) is 6.86. The lowest BCUT2D eigenvalue weighted by Gasteiger charge is -2.40. The zero-order chi connectivity index (χ0) is 37.1. The number of nitrogens with one attached hydrogen (secondary N) is 1. The molecule has 2 unspecified atom stereocenters. The van der Waals surface area contributed by atoms with Crippen molar-refractivity contribution in [1.82, 2.24) is 5.32 Å². The van der Waals surface area contributed by atoms with Gasteiger partial charge in [0, 0.05) is 6.42 Å². The summed E-state index contributed by atoms with van der Waals surface area (Å²) in [6, 6.07) is 9.57. The average Bonchev–Trinajstić information content (AvgIpc) is 3.14. The van der Waals surface area contributed by atoms with Gasteiger partial charge in [0.05, 0.1) is 25.4 Å². The number of amides is 1. The van der Waals surface area contributed by atoms with Crippen LogP contribution in [0.15, 0.2) is 30.3 Å². The van der Waals surface area contributed by atoms with Crippen LogP contribution in [0.4, 0.5) is 0 Å². The molecule has 0 saturated carbocycles. The Morgan fingerprint density at radius 3 is 1.82 bits per heavy atom. The number of aliphatic hydroxyl groups excluding tert-OH is 6. The SMILES string of the molecule is CCCCCCCCCCCCCC[C@@H](O)[C@@H](O)[C@H](CO[C@H]1OC(CO)[C@@H](O)[C@H](O)C1O)NC(=O)CCCCCCCCCCc1ccccc1. The summed E-state index contributed by atoms with van der Waals surface area (Å²) in [5.74, 6) is -0.269. The van der Waals surface area contributed by atoms with Crippen LogP contribution in [0.5, 0.6) is 0 Å². The largest absolute Gasteiger partial charge is 0.394 e. The van der Waals surface area contributed by atoms with Crippen LogP contribution in [0.25, 0.3) is 0 Å². The van der Waals surface area contributed by atoms with E-state index in [0.717, 1.165) is 51.4 Å². The van der Waals surface area contributed by atoms with Crippen molar-refractivity contribution in [3.63, 3.8) is 0 Å². The number of rotatable bonds is 31. The molecule has 1 amide bonds. The quantitative estimate of drug-likeness (QED) is 0.0465. The van der Waals surface area contributed by atoms with E-state index < -0.39 is 55.6 Å². The number of aliphatic hydroxyl groups is 6. The molecule has 8 atom stereocenters. The second-order valence-corrected chi connectivity index (χ2v) is 14.8. The molecule has 0 bridgehead atoms. The molecule has 1 saturated heterocycles. The minimum absolute atomic E-state index is 0.269. The maximum Gasteiger partial charge on any atom is 0.220 e. The first-order valence-corrected chi connectivity index (χ1v) is 20.4. The topological polar surface area (TPSA) is 169 Å². The molecule has 0 aromatic heterocycles. The Morgan fingerprint density at radius 2 is 1.25 bits per heavy atom. The van der Waals surface area contributed by atoms with E-state index in [-0.39, 0.29) is 18.9 Å². The molecule has 10 nitrogen and oxygen atoms in total. The molecule has 0 aliphatic carbocycles. The monoisotopic (exact) mass is 724 g/mol. The fraction of sp³-hybridized carbons (Fsp3) is 0.829. The molecule has 1 aromatic rings. The van der Waals surface area contributed by atoms with Crippen molar-refractivity contribution in [1.29, 1.82) is 0 Å². The van der Waals surface area contributed by atoms with Gasteiger partial charge in [0.1, 0.15) is 30.5 Å². The number of aryl methyl sites for hydroxylation is 1. The molecule has 0 radical (unpaired) electrons. The maximum absolute atomic E-state index is 12.9. The van der Waals surface area contributed by atoms with E-state index in [9.17, 15) is 35.4 Å². The third-order valence-electron chi connectivity index (χ3n) is 10.3. The van der Waals surface area contributed by atoms with Gasteiger partial charge in [-0.05, 0) is 31.2 Å². The number of hydrogen-bond donors (Lipinski definition) is 7. The number of ether oxygens (including phenoxy) is 2. The summed E-state index contributed by atoms with van der Waals surface area (Å²) < 4.78 is 11.1. The van der Waals surface area contributed by atoms with Crippen molar-refractivity contribution in [3.05, 3.63) is 35.9 Å². The predicted molar refractivity (Wildman–Crippen MR) is 201 cm³/mol. The van der Waals surface area contributed by atoms with Gasteiger partial charge in [-0.25, -0.2) is 0 Å². The number of carbonyl (C=O) groups excluding carboxylic acids is 1. The van der Waals surface area contributed by atoms with E-state index in [2.05, 4.69) is 36.5 Å². The van der Waals surface area contributed by atoms with Gasteiger partial charge in [-0.3, -0.25) is 4.79 Å². The lowest BCUT2D eigenvalue weighted by Crippen LogP contribution is -2.60. The van der Waals surface area contributed by atoms with E-state index in [0.29, 0.717) is 12.8 Å². The standard InChI is InChI=1S/C41H73NO9/c1-2-3-4-5-6-7-8-9-10-14-17-23-28-34(44)37(46)33(31-50-41-40(49)39(48)38(47)35(30-43)51-41)42-36(45)29-24-18-15-12-11-13-16-20-25-32-26-21-19-22-27-32/h19,21-22,26-27,33-35,37-41,43-44,46-49H,2-18,20,23-25,28-31H2,1H3,(H,42,45)/t33-,34+,35?,37-,38+,39-,40?,41-/m0/s1. The van der Waals surface area contributed by atoms with Crippen molar-refractivity contribution in [2.75, 3.05) is 13.2 Å². The van der Waals surface area contributed by atoms with E-state index in [1.807, 2.05) is 6.07 Å². The lowest BCUT2D eigenvalue weighted by molar-refractivity contribution is -0.303. The maximum atomic E-state index is 12.9. The highest BCUT2D eigenvalue weighted by molar-refractivity contribution is 5.76. The van der Waals surface area contributed by atoms with E-state index in [4.69, 9.17) is 9.47 Å². The van der Waals surface area contributed by atoms with Crippen molar-refractivity contribution in [2.24, 2.45) is 0 Å². The van der Waals surface area contributed by atoms with Crippen LogP contribution in [-0.4, -0.2) is 98.7 Å². The highest BCUT2D eigenvalue weighted by atomic mass is 16.7. The molecule has 296 valence electrons.